The Morgan fingerprint density at radius 2 is 1.57 bits per heavy atom. The Morgan fingerprint density at radius 3 is 2.09 bits per heavy atom. The molecule has 2 aromatic carbocycles. The van der Waals surface area contributed by atoms with Crippen molar-refractivity contribution in [2.75, 3.05) is 0 Å². The number of ether oxygens (including phenoxy) is 1. The summed E-state index contributed by atoms with van der Waals surface area (Å²) in [7, 11) is -4.27. The first-order chi connectivity index (χ1) is 16.4. The summed E-state index contributed by atoms with van der Waals surface area (Å²) >= 11 is 0. The van der Waals surface area contributed by atoms with Crippen molar-refractivity contribution in [1.29, 1.82) is 0 Å². The maximum Gasteiger partial charge on any atom is 0.513 e. The van der Waals surface area contributed by atoms with Gasteiger partial charge in [-0.15, -0.1) is 0 Å². The highest BCUT2D eigenvalue weighted by Crippen LogP contribution is 2.45. The van der Waals surface area contributed by atoms with E-state index in [1.165, 1.54) is 31.2 Å². The van der Waals surface area contributed by atoms with Gasteiger partial charge in [0.2, 0.25) is 0 Å². The Balaban J connectivity index is 1.67. The predicted molar refractivity (Wildman–Crippen MR) is 119 cm³/mol. The zero-order valence-corrected chi connectivity index (χ0v) is 19.5. The minimum Gasteiger partial charge on any atom is -0.461 e. The number of hydrogen-bond donors (Lipinski definition) is 1. The van der Waals surface area contributed by atoms with Crippen LogP contribution in [0.4, 0.5) is 18.9 Å². The van der Waals surface area contributed by atoms with E-state index in [0.717, 1.165) is 12.1 Å². The Kier molecular flexibility index (Phi) is 8.39. The van der Waals surface area contributed by atoms with Crippen molar-refractivity contribution >= 4 is 19.4 Å². The van der Waals surface area contributed by atoms with E-state index in [2.05, 4.69) is 5.09 Å². The second-order valence-corrected chi connectivity index (χ2v) is 9.67. The van der Waals surface area contributed by atoms with Crippen LogP contribution < -0.4 is 14.1 Å². The molecule has 35 heavy (non-hydrogen) atoms. The van der Waals surface area contributed by atoms with Crippen molar-refractivity contribution in [1.82, 2.24) is 5.09 Å². The van der Waals surface area contributed by atoms with Crippen LogP contribution in [-0.2, 0) is 14.1 Å². The molecule has 1 saturated carbocycles. The highest BCUT2D eigenvalue weighted by molar-refractivity contribution is 7.52. The average Bonchev–Trinajstić information content (AvgIpc) is 2.79. The molecule has 2 atom stereocenters. The molecule has 2 aromatic rings. The zero-order chi connectivity index (χ0) is 25.6. The Hall–Kier alpha value is -3.11. The van der Waals surface area contributed by atoms with E-state index in [-0.39, 0.29) is 42.9 Å². The van der Waals surface area contributed by atoms with Crippen LogP contribution in [-0.4, -0.2) is 29.2 Å². The summed E-state index contributed by atoms with van der Waals surface area (Å²) in [6, 6.07) is 11.5. The quantitative estimate of drug-likeness (QED) is 0.192. The fourth-order valence-corrected chi connectivity index (χ4v) is 5.04. The number of nitrogens with zero attached hydrogens (tertiary/aromatic N) is 1. The van der Waals surface area contributed by atoms with Gasteiger partial charge in [-0.3, -0.25) is 14.9 Å². The molecule has 0 spiro atoms. The van der Waals surface area contributed by atoms with Crippen LogP contribution in [0.1, 0.15) is 32.6 Å². The molecule has 3 rings (SSSR count). The Morgan fingerprint density at radius 1 is 1.03 bits per heavy atom. The summed E-state index contributed by atoms with van der Waals surface area (Å²) in [4.78, 5) is 22.8. The fourth-order valence-electron chi connectivity index (χ4n) is 3.52. The van der Waals surface area contributed by atoms with Crippen LogP contribution in [0.25, 0.3) is 0 Å². The van der Waals surface area contributed by atoms with Crippen molar-refractivity contribution in [2.45, 2.75) is 50.9 Å². The molecule has 1 aliphatic carbocycles. The second-order valence-electron chi connectivity index (χ2n) is 8.05. The number of carbonyl (C=O) groups is 1. The third kappa shape index (κ3) is 7.69. The number of carbonyl (C=O) groups excluding carboxylic acids is 1. The average molecular weight is 516 g/mol. The summed E-state index contributed by atoms with van der Waals surface area (Å²) in [6.07, 6.45) is -5.10. The van der Waals surface area contributed by atoms with Gasteiger partial charge in [0.25, 0.3) is 5.69 Å². The molecule has 1 aliphatic rings. The minimum atomic E-state index is -4.28. The summed E-state index contributed by atoms with van der Waals surface area (Å²) in [5.41, 5.74) is -0.207. The molecule has 0 radical (unpaired) electrons. The van der Waals surface area contributed by atoms with E-state index < -0.39 is 42.9 Å². The molecule has 0 amide bonds. The number of benzene rings is 2. The van der Waals surface area contributed by atoms with Crippen LogP contribution >= 0.6 is 7.75 Å². The monoisotopic (exact) mass is 516 g/mol. The van der Waals surface area contributed by atoms with Gasteiger partial charge in [0.15, 0.2) is 0 Å². The van der Waals surface area contributed by atoms with E-state index in [1.807, 2.05) is 0 Å². The molecule has 13 heteroatoms. The summed E-state index contributed by atoms with van der Waals surface area (Å²) in [5.74, 6) is -2.10. The number of non-ortho nitro benzene ring substituents is 1. The molecular weight excluding hydrogens is 492 g/mol. The smallest absolute Gasteiger partial charge is 0.461 e. The van der Waals surface area contributed by atoms with E-state index in [4.69, 9.17) is 13.8 Å². The number of esters is 1. The Labute approximate surface area is 199 Å². The van der Waals surface area contributed by atoms with Gasteiger partial charge in [-0.1, -0.05) is 18.2 Å². The number of hydrogen-bond acceptors (Lipinski definition) is 7. The van der Waals surface area contributed by atoms with Gasteiger partial charge in [-0.05, 0) is 56.9 Å². The van der Waals surface area contributed by atoms with Gasteiger partial charge in [0.05, 0.1) is 10.8 Å². The van der Waals surface area contributed by atoms with Crippen molar-refractivity contribution < 1.29 is 41.2 Å². The van der Waals surface area contributed by atoms with E-state index >= 15 is 0 Å². The number of nitrogens with one attached hydrogen (secondary N) is 1. The fraction of sp³-hybridized carbons (Fsp3) is 0.409. The summed E-state index contributed by atoms with van der Waals surface area (Å²) in [6.45, 7) is 1.35. The lowest BCUT2D eigenvalue weighted by molar-refractivity contribution is -0.384. The van der Waals surface area contributed by atoms with Gasteiger partial charge in [-0.2, -0.15) is 18.3 Å². The molecule has 0 aromatic heterocycles. The van der Waals surface area contributed by atoms with Crippen LogP contribution in [0, 0.1) is 16.0 Å². The van der Waals surface area contributed by atoms with E-state index in [1.54, 1.807) is 18.2 Å². The minimum absolute atomic E-state index is 0.0200. The number of halogens is 3. The topological polar surface area (TPSA) is 117 Å². The lowest BCUT2D eigenvalue weighted by Gasteiger charge is -2.30. The van der Waals surface area contributed by atoms with Gasteiger partial charge in [-0.25, -0.2) is 4.57 Å². The lowest BCUT2D eigenvalue weighted by atomic mass is 9.87. The highest BCUT2D eigenvalue weighted by Gasteiger charge is 2.42. The molecule has 190 valence electrons. The largest absolute Gasteiger partial charge is 0.513 e. The number of alkyl halides is 3. The molecular formula is C22H24F3N2O7P. The van der Waals surface area contributed by atoms with E-state index in [0.29, 0.717) is 0 Å². The maximum absolute atomic E-state index is 13.5. The maximum atomic E-state index is 13.5. The van der Waals surface area contributed by atoms with Crippen LogP contribution in [0.3, 0.4) is 0 Å². The molecule has 0 heterocycles. The highest BCUT2D eigenvalue weighted by atomic mass is 31.2. The van der Waals surface area contributed by atoms with Gasteiger partial charge in [0.1, 0.15) is 23.6 Å². The van der Waals surface area contributed by atoms with Gasteiger partial charge >= 0.3 is 19.9 Å². The van der Waals surface area contributed by atoms with Gasteiger partial charge < -0.3 is 13.8 Å². The van der Waals surface area contributed by atoms with Crippen LogP contribution in [0.15, 0.2) is 54.6 Å². The third-order valence-corrected chi connectivity index (χ3v) is 6.97. The first-order valence-corrected chi connectivity index (χ1v) is 12.3. The Bertz CT molecular complexity index is 1060. The predicted octanol–water partition coefficient (Wildman–Crippen LogP) is 5.80. The number of nitro benzene ring substituents is 1. The lowest BCUT2D eigenvalue weighted by Crippen LogP contribution is -2.39. The molecule has 0 aliphatic heterocycles. The number of rotatable bonds is 9. The molecule has 9 nitrogen and oxygen atoms in total. The van der Waals surface area contributed by atoms with Crippen molar-refractivity contribution in [2.24, 2.45) is 5.92 Å². The van der Waals surface area contributed by atoms with Crippen molar-refractivity contribution in [3.63, 3.8) is 0 Å². The van der Waals surface area contributed by atoms with Crippen molar-refractivity contribution in [3.8, 4) is 11.5 Å². The number of nitro groups is 1. The third-order valence-electron chi connectivity index (χ3n) is 5.37. The second kappa shape index (κ2) is 11.1. The van der Waals surface area contributed by atoms with Crippen LogP contribution in [0.5, 0.6) is 11.5 Å². The normalized spacial score (nSPS) is 20.8. The summed E-state index contributed by atoms with van der Waals surface area (Å²) in [5, 5.41) is 13.3. The SMILES string of the molecule is C[C@H](N[P@](=O)(Oc1ccccc1)Oc1ccc([N+](=O)[O-])cc1)C(=O)OC1CCC(C(F)(F)F)CC1. The molecule has 0 unspecified atom stereocenters. The molecule has 0 saturated heterocycles. The first kappa shape index (κ1) is 26.5. The van der Waals surface area contributed by atoms with Gasteiger partial charge in [0, 0.05) is 12.1 Å². The first-order valence-electron chi connectivity index (χ1n) is 10.8. The summed E-state index contributed by atoms with van der Waals surface area (Å²) < 4.78 is 68.4. The van der Waals surface area contributed by atoms with Crippen molar-refractivity contribution in [3.05, 3.63) is 64.7 Å². The molecule has 0 bridgehead atoms. The standard InChI is InChI=1S/C22H24F3N2O7P/c1-15(21(28)32-18-11-7-16(8-12-18)22(23,24)25)26-35(31,33-19-5-3-2-4-6-19)34-20-13-9-17(10-14-20)27(29)30/h2-6,9-10,13-16,18H,7-8,11-12H2,1H3,(H,26,31)/t15-,16?,18?,35-/m0/s1. The van der Waals surface area contributed by atoms with Crippen LogP contribution in [0.2, 0.25) is 0 Å². The molecule has 1 N–H and O–H groups in total. The zero-order valence-electron chi connectivity index (χ0n) is 18.6. The number of para-hydroxylation sites is 1. The van der Waals surface area contributed by atoms with E-state index in [9.17, 15) is 32.6 Å². The molecule has 1 fully saturated rings.